The SMILES string of the molecule is CC[C@@H]1N(C(=O)[C@H]2COc3ccccc3O2)CCCC1(C)C(=O)[O-].[Li+]. The number of para-hydroxylation sites is 2. The number of hydrogen-bond acceptors (Lipinski definition) is 5. The molecule has 0 radical (unpaired) electrons. The molecule has 2 aliphatic heterocycles. The van der Waals surface area contributed by atoms with E-state index in [2.05, 4.69) is 0 Å². The maximum absolute atomic E-state index is 13.0. The van der Waals surface area contributed by atoms with Gasteiger partial charge in [-0.25, -0.2) is 0 Å². The van der Waals surface area contributed by atoms with E-state index >= 15 is 0 Å². The van der Waals surface area contributed by atoms with Gasteiger partial charge in [0.25, 0.3) is 5.91 Å². The number of benzene rings is 1. The van der Waals surface area contributed by atoms with Gasteiger partial charge in [-0.1, -0.05) is 26.0 Å². The van der Waals surface area contributed by atoms with E-state index < -0.39 is 23.5 Å². The molecule has 130 valence electrons. The number of fused-ring (bicyclic) bond motifs is 1. The molecule has 0 bridgehead atoms. The third kappa shape index (κ3) is 3.51. The van der Waals surface area contributed by atoms with E-state index in [0.29, 0.717) is 37.3 Å². The molecular formula is C18H22LiNO5. The number of amides is 1. The average molecular weight is 339 g/mol. The maximum atomic E-state index is 13.0. The van der Waals surface area contributed by atoms with Crippen molar-refractivity contribution in [3.63, 3.8) is 0 Å². The van der Waals surface area contributed by atoms with Crippen LogP contribution in [0.4, 0.5) is 0 Å². The van der Waals surface area contributed by atoms with Gasteiger partial charge in [0, 0.05) is 24.0 Å². The zero-order valence-corrected chi connectivity index (χ0v) is 15.0. The second kappa shape index (κ2) is 7.71. The van der Waals surface area contributed by atoms with Crippen molar-refractivity contribution in [3.8, 4) is 11.5 Å². The Morgan fingerprint density at radius 3 is 2.64 bits per heavy atom. The molecule has 0 spiro atoms. The molecule has 0 saturated carbocycles. The fourth-order valence-electron chi connectivity index (χ4n) is 3.78. The van der Waals surface area contributed by atoms with E-state index in [-0.39, 0.29) is 31.4 Å². The molecule has 6 nitrogen and oxygen atoms in total. The molecule has 1 aromatic rings. The van der Waals surface area contributed by atoms with Crippen molar-refractivity contribution in [3.05, 3.63) is 24.3 Å². The molecule has 0 N–H and O–H groups in total. The number of aliphatic carboxylic acids is 1. The van der Waals surface area contributed by atoms with Gasteiger partial charge in [-0.05, 0) is 31.4 Å². The van der Waals surface area contributed by atoms with Gasteiger partial charge in [0.2, 0.25) is 6.10 Å². The van der Waals surface area contributed by atoms with Crippen molar-refractivity contribution in [1.82, 2.24) is 4.90 Å². The van der Waals surface area contributed by atoms with Crippen LogP contribution in [0.15, 0.2) is 24.3 Å². The second-order valence-electron chi connectivity index (χ2n) is 6.63. The van der Waals surface area contributed by atoms with Gasteiger partial charge in [0.05, 0.1) is 0 Å². The molecule has 0 aliphatic carbocycles. The fourth-order valence-corrected chi connectivity index (χ4v) is 3.78. The molecule has 25 heavy (non-hydrogen) atoms. The predicted octanol–water partition coefficient (Wildman–Crippen LogP) is -2.01. The molecule has 3 rings (SSSR count). The number of hydrogen-bond donors (Lipinski definition) is 0. The molecular weight excluding hydrogens is 317 g/mol. The first-order chi connectivity index (χ1) is 11.5. The Balaban J connectivity index is 0.00000225. The molecule has 3 atom stereocenters. The molecule has 1 amide bonds. The Morgan fingerprint density at radius 1 is 1.32 bits per heavy atom. The van der Waals surface area contributed by atoms with Crippen molar-refractivity contribution in [2.45, 2.75) is 45.3 Å². The molecule has 7 heteroatoms. The topological polar surface area (TPSA) is 78.9 Å². The predicted molar refractivity (Wildman–Crippen MR) is 84.5 cm³/mol. The second-order valence-corrected chi connectivity index (χ2v) is 6.63. The average Bonchev–Trinajstić information content (AvgIpc) is 2.60. The van der Waals surface area contributed by atoms with Crippen LogP contribution in [0.1, 0.15) is 33.1 Å². The number of nitrogens with zero attached hydrogens (tertiary/aromatic N) is 1. The molecule has 2 heterocycles. The summed E-state index contributed by atoms with van der Waals surface area (Å²) < 4.78 is 11.4. The van der Waals surface area contributed by atoms with Gasteiger partial charge in [-0.15, -0.1) is 0 Å². The zero-order valence-electron chi connectivity index (χ0n) is 15.0. The summed E-state index contributed by atoms with van der Waals surface area (Å²) in [4.78, 5) is 26.2. The summed E-state index contributed by atoms with van der Waals surface area (Å²) in [5.74, 6) is -0.164. The van der Waals surface area contributed by atoms with Crippen LogP contribution in [0.25, 0.3) is 0 Å². The van der Waals surface area contributed by atoms with Crippen LogP contribution in [0.2, 0.25) is 0 Å². The Kier molecular flexibility index (Phi) is 6.07. The molecule has 1 unspecified atom stereocenters. The standard InChI is InChI=1S/C18H23NO5.Li/c1-3-15-18(2,17(21)22)9-6-10-19(15)16(20)14-11-23-12-7-4-5-8-13(12)24-14;/h4-5,7-8,14-15H,3,6,9-11H2,1-2H3,(H,21,22);/q;+1/p-1/t14-,15+,18?;/m1./s1. The van der Waals surface area contributed by atoms with E-state index in [1.807, 2.05) is 19.1 Å². The monoisotopic (exact) mass is 339 g/mol. The van der Waals surface area contributed by atoms with Crippen molar-refractivity contribution in [2.24, 2.45) is 5.41 Å². The molecule has 1 saturated heterocycles. The van der Waals surface area contributed by atoms with Crippen LogP contribution >= 0.6 is 0 Å². The Bertz CT molecular complexity index is 652. The largest absolute Gasteiger partial charge is 1.00 e. The van der Waals surface area contributed by atoms with Crippen LogP contribution < -0.4 is 33.4 Å². The van der Waals surface area contributed by atoms with E-state index in [0.717, 1.165) is 0 Å². The van der Waals surface area contributed by atoms with E-state index in [9.17, 15) is 14.7 Å². The minimum absolute atomic E-state index is 0. The zero-order chi connectivity index (χ0) is 17.3. The first-order valence-corrected chi connectivity index (χ1v) is 8.37. The van der Waals surface area contributed by atoms with Crippen LogP contribution in [0.3, 0.4) is 0 Å². The Morgan fingerprint density at radius 2 is 2.00 bits per heavy atom. The van der Waals surface area contributed by atoms with E-state index in [1.165, 1.54) is 0 Å². The molecule has 1 aromatic carbocycles. The number of ether oxygens (including phenoxy) is 2. The van der Waals surface area contributed by atoms with Gasteiger partial charge >= 0.3 is 18.9 Å². The number of carbonyl (C=O) groups is 2. The van der Waals surface area contributed by atoms with Crippen molar-refractivity contribution >= 4 is 11.9 Å². The number of piperidine rings is 1. The summed E-state index contributed by atoms with van der Waals surface area (Å²) in [7, 11) is 0. The van der Waals surface area contributed by atoms with Crippen molar-refractivity contribution < 1.29 is 43.0 Å². The van der Waals surface area contributed by atoms with Crippen LogP contribution in [-0.4, -0.2) is 42.1 Å². The minimum atomic E-state index is -1.10. The summed E-state index contributed by atoms with van der Waals surface area (Å²) in [6.07, 6.45) is 0.956. The number of carboxylic acids is 1. The van der Waals surface area contributed by atoms with Gasteiger partial charge in [-0.2, -0.15) is 0 Å². The maximum Gasteiger partial charge on any atom is 1.00 e. The van der Waals surface area contributed by atoms with Gasteiger partial charge < -0.3 is 24.3 Å². The number of carbonyl (C=O) groups excluding carboxylic acids is 2. The molecule has 2 aliphatic rings. The van der Waals surface area contributed by atoms with Gasteiger partial charge in [0.15, 0.2) is 11.5 Å². The van der Waals surface area contributed by atoms with E-state index in [1.54, 1.807) is 24.0 Å². The molecule has 0 aromatic heterocycles. The van der Waals surface area contributed by atoms with Crippen LogP contribution in [0, 0.1) is 5.41 Å². The summed E-state index contributed by atoms with van der Waals surface area (Å²) >= 11 is 0. The summed E-state index contributed by atoms with van der Waals surface area (Å²) in [6.45, 7) is 4.22. The first-order valence-electron chi connectivity index (χ1n) is 8.37. The summed E-state index contributed by atoms with van der Waals surface area (Å²) in [6, 6.07) is 6.81. The summed E-state index contributed by atoms with van der Waals surface area (Å²) in [5, 5.41) is 11.6. The van der Waals surface area contributed by atoms with E-state index in [4.69, 9.17) is 9.47 Å². The van der Waals surface area contributed by atoms with Crippen LogP contribution in [-0.2, 0) is 9.59 Å². The third-order valence-electron chi connectivity index (χ3n) is 5.13. The van der Waals surface area contributed by atoms with Crippen molar-refractivity contribution in [1.29, 1.82) is 0 Å². The Hall–Kier alpha value is -1.64. The summed E-state index contributed by atoms with van der Waals surface area (Å²) in [5.41, 5.74) is -1.03. The smallest absolute Gasteiger partial charge is 0.549 e. The first kappa shape index (κ1) is 19.7. The van der Waals surface area contributed by atoms with Crippen molar-refractivity contribution in [2.75, 3.05) is 13.2 Å². The number of likely N-dealkylation sites (tertiary alicyclic amines) is 1. The van der Waals surface area contributed by atoms with Crippen LogP contribution in [0.5, 0.6) is 11.5 Å². The Labute approximate surface area is 159 Å². The van der Waals surface area contributed by atoms with Gasteiger partial charge in [0.1, 0.15) is 6.61 Å². The minimum Gasteiger partial charge on any atom is -0.549 e. The molecule has 1 fully saturated rings. The third-order valence-corrected chi connectivity index (χ3v) is 5.13. The van der Waals surface area contributed by atoms with Gasteiger partial charge in [-0.3, -0.25) is 4.79 Å². The fraction of sp³-hybridized carbons (Fsp3) is 0.556. The number of carboxylic acid groups (broad SMARTS) is 1. The number of rotatable bonds is 3. The quantitative estimate of drug-likeness (QED) is 0.595. The normalized spacial score (nSPS) is 28.0.